The highest BCUT2D eigenvalue weighted by Gasteiger charge is 2.22. The van der Waals surface area contributed by atoms with Gasteiger partial charge in [0, 0.05) is 6.61 Å². The molecule has 0 radical (unpaired) electrons. The molecule has 0 aromatic rings. The number of hydrogen-bond donors (Lipinski definition) is 0. The van der Waals surface area contributed by atoms with Crippen LogP contribution in [0, 0.1) is 11.8 Å². The Balaban J connectivity index is 4.21. The minimum Gasteiger partial charge on any atom is -0.469 e. The van der Waals surface area contributed by atoms with Crippen molar-refractivity contribution in [2.75, 3.05) is 20.3 Å². The number of unbranched alkanes of at least 4 members (excludes halogenated alkanes) is 1. The van der Waals surface area contributed by atoms with Crippen LogP contribution in [-0.2, 0) is 14.3 Å². The molecule has 0 amide bonds. The van der Waals surface area contributed by atoms with Crippen LogP contribution in [0.25, 0.3) is 0 Å². The van der Waals surface area contributed by atoms with Crippen LogP contribution in [0.1, 0.15) is 52.9 Å². The summed E-state index contributed by atoms with van der Waals surface area (Å²) >= 11 is 0. The second-order valence-electron chi connectivity index (χ2n) is 4.53. The summed E-state index contributed by atoms with van der Waals surface area (Å²) < 4.78 is 10.2. The zero-order chi connectivity index (χ0) is 13.1. The molecule has 17 heavy (non-hydrogen) atoms. The molecule has 2 unspecified atom stereocenters. The number of ether oxygens (including phenoxy) is 2. The molecular formula is C14H28O3. The maximum atomic E-state index is 11.6. The Morgan fingerprint density at radius 1 is 1.24 bits per heavy atom. The normalized spacial score (nSPS) is 14.4. The van der Waals surface area contributed by atoms with E-state index in [0.717, 1.165) is 12.8 Å². The second-order valence-corrected chi connectivity index (χ2v) is 4.53. The molecule has 0 fully saturated rings. The van der Waals surface area contributed by atoms with E-state index in [1.165, 1.54) is 26.4 Å². The third kappa shape index (κ3) is 7.37. The lowest BCUT2D eigenvalue weighted by atomic mass is 9.89. The molecule has 102 valence electrons. The van der Waals surface area contributed by atoms with Crippen molar-refractivity contribution in [3.8, 4) is 0 Å². The molecule has 3 heteroatoms. The van der Waals surface area contributed by atoms with Crippen LogP contribution in [0.5, 0.6) is 0 Å². The van der Waals surface area contributed by atoms with Gasteiger partial charge in [0.05, 0.1) is 19.6 Å². The molecule has 0 rings (SSSR count). The van der Waals surface area contributed by atoms with Crippen molar-refractivity contribution < 1.29 is 14.3 Å². The number of hydrogen-bond acceptors (Lipinski definition) is 3. The molecule has 0 aliphatic heterocycles. The average Bonchev–Trinajstić information content (AvgIpc) is 2.37. The first-order valence-electron chi connectivity index (χ1n) is 6.85. The summed E-state index contributed by atoms with van der Waals surface area (Å²) in [5.41, 5.74) is 0. The van der Waals surface area contributed by atoms with Gasteiger partial charge >= 0.3 is 5.97 Å². The van der Waals surface area contributed by atoms with Gasteiger partial charge < -0.3 is 9.47 Å². The van der Waals surface area contributed by atoms with Crippen LogP contribution in [0.2, 0.25) is 0 Å². The van der Waals surface area contributed by atoms with Crippen molar-refractivity contribution in [3.63, 3.8) is 0 Å². The molecule has 3 nitrogen and oxygen atoms in total. The minimum atomic E-state index is -0.131. The van der Waals surface area contributed by atoms with E-state index in [9.17, 15) is 4.79 Å². The third-order valence-electron chi connectivity index (χ3n) is 3.22. The quantitative estimate of drug-likeness (QED) is 0.552. The smallest absolute Gasteiger partial charge is 0.311 e. The van der Waals surface area contributed by atoms with E-state index in [1.54, 1.807) is 0 Å². The summed E-state index contributed by atoms with van der Waals surface area (Å²) in [5, 5.41) is 0. The van der Waals surface area contributed by atoms with E-state index < -0.39 is 0 Å². The molecular weight excluding hydrogens is 216 g/mol. The number of rotatable bonds is 10. The third-order valence-corrected chi connectivity index (χ3v) is 3.22. The van der Waals surface area contributed by atoms with E-state index in [0.29, 0.717) is 19.1 Å². The predicted molar refractivity (Wildman–Crippen MR) is 69.9 cm³/mol. The summed E-state index contributed by atoms with van der Waals surface area (Å²) in [4.78, 5) is 11.6. The van der Waals surface area contributed by atoms with Crippen molar-refractivity contribution in [3.05, 3.63) is 0 Å². The number of methoxy groups -OCH3 is 1. The van der Waals surface area contributed by atoms with E-state index in [4.69, 9.17) is 9.47 Å². The van der Waals surface area contributed by atoms with Gasteiger partial charge in [-0.3, -0.25) is 4.79 Å². The first-order valence-corrected chi connectivity index (χ1v) is 6.85. The highest BCUT2D eigenvalue weighted by molar-refractivity contribution is 5.72. The Kier molecular flexibility index (Phi) is 10.2. The Bertz CT molecular complexity index is 192. The highest BCUT2D eigenvalue weighted by Crippen LogP contribution is 2.22. The Hall–Kier alpha value is -0.570. The summed E-state index contributed by atoms with van der Waals surface area (Å²) in [5.74, 6) is 0.384. The zero-order valence-corrected chi connectivity index (χ0v) is 11.8. The lowest BCUT2D eigenvalue weighted by Crippen LogP contribution is -2.24. The van der Waals surface area contributed by atoms with Crippen molar-refractivity contribution in [1.82, 2.24) is 0 Å². The van der Waals surface area contributed by atoms with Crippen LogP contribution in [0.4, 0.5) is 0 Å². The predicted octanol–water partition coefficient (Wildman–Crippen LogP) is 3.42. The van der Waals surface area contributed by atoms with Crippen molar-refractivity contribution in [2.45, 2.75) is 52.9 Å². The van der Waals surface area contributed by atoms with E-state index in [2.05, 4.69) is 13.8 Å². The molecule has 0 aliphatic rings. The average molecular weight is 244 g/mol. The van der Waals surface area contributed by atoms with Crippen LogP contribution in [0.3, 0.4) is 0 Å². The fourth-order valence-electron chi connectivity index (χ4n) is 2.04. The first-order chi connectivity index (χ1) is 8.19. The van der Waals surface area contributed by atoms with Gasteiger partial charge in [-0.15, -0.1) is 0 Å². The fourth-order valence-corrected chi connectivity index (χ4v) is 2.04. The first kappa shape index (κ1) is 16.4. The van der Waals surface area contributed by atoms with Gasteiger partial charge in [0.2, 0.25) is 0 Å². The summed E-state index contributed by atoms with van der Waals surface area (Å²) in [7, 11) is 1.45. The number of carbonyl (C=O) groups excluding carboxylic acids is 1. The van der Waals surface area contributed by atoms with Crippen LogP contribution in [-0.4, -0.2) is 26.3 Å². The van der Waals surface area contributed by atoms with Crippen LogP contribution in [0.15, 0.2) is 0 Å². The highest BCUT2D eigenvalue weighted by atomic mass is 16.5. The maximum Gasteiger partial charge on any atom is 0.311 e. The summed E-state index contributed by atoms with van der Waals surface area (Å²) in [6, 6.07) is 0. The molecule has 0 aromatic heterocycles. The minimum absolute atomic E-state index is 0.0956. The monoisotopic (exact) mass is 244 g/mol. The Labute approximate surface area is 106 Å². The van der Waals surface area contributed by atoms with E-state index in [1.807, 2.05) is 6.92 Å². The maximum absolute atomic E-state index is 11.6. The molecule has 0 saturated carbocycles. The van der Waals surface area contributed by atoms with Gasteiger partial charge in [-0.25, -0.2) is 0 Å². The molecule has 0 heterocycles. The summed E-state index contributed by atoms with van der Waals surface area (Å²) in [6.07, 6.45) is 5.67. The van der Waals surface area contributed by atoms with Gasteiger partial charge in [0.1, 0.15) is 0 Å². The Morgan fingerprint density at radius 2 is 1.94 bits per heavy atom. The molecule has 0 saturated heterocycles. The zero-order valence-electron chi connectivity index (χ0n) is 11.8. The van der Waals surface area contributed by atoms with E-state index >= 15 is 0 Å². The molecule has 0 bridgehead atoms. The van der Waals surface area contributed by atoms with E-state index in [-0.39, 0.29) is 11.9 Å². The van der Waals surface area contributed by atoms with Crippen molar-refractivity contribution in [1.29, 1.82) is 0 Å². The largest absolute Gasteiger partial charge is 0.469 e. The number of carbonyl (C=O) groups is 1. The fraction of sp³-hybridized carbons (Fsp3) is 0.929. The lowest BCUT2D eigenvalue weighted by Gasteiger charge is -2.20. The topological polar surface area (TPSA) is 35.5 Å². The summed E-state index contributed by atoms with van der Waals surface area (Å²) in [6.45, 7) is 7.48. The van der Waals surface area contributed by atoms with Gasteiger partial charge in [0.25, 0.3) is 0 Å². The standard InChI is InChI=1S/C14H28O3/c1-5-8-9-12(6-2)10-13(11-17-7-3)14(15)16-4/h12-13H,5-11H2,1-4H3. The van der Waals surface area contributed by atoms with Gasteiger partial charge in [-0.1, -0.05) is 39.5 Å². The molecule has 2 atom stereocenters. The molecule has 0 aromatic carbocycles. The van der Waals surface area contributed by atoms with Crippen molar-refractivity contribution >= 4 is 5.97 Å². The SMILES string of the molecule is CCCCC(CC)CC(COCC)C(=O)OC. The van der Waals surface area contributed by atoms with Crippen LogP contribution < -0.4 is 0 Å². The lowest BCUT2D eigenvalue weighted by molar-refractivity contribution is -0.148. The molecule has 0 spiro atoms. The Morgan fingerprint density at radius 3 is 2.41 bits per heavy atom. The van der Waals surface area contributed by atoms with Crippen molar-refractivity contribution in [2.24, 2.45) is 11.8 Å². The van der Waals surface area contributed by atoms with Gasteiger partial charge in [-0.2, -0.15) is 0 Å². The second kappa shape index (κ2) is 10.6. The van der Waals surface area contributed by atoms with Gasteiger partial charge in [-0.05, 0) is 19.3 Å². The number of esters is 1. The molecule has 0 N–H and O–H groups in total. The van der Waals surface area contributed by atoms with Gasteiger partial charge in [0.15, 0.2) is 0 Å². The van der Waals surface area contributed by atoms with Crippen LogP contribution >= 0.6 is 0 Å². The molecule has 0 aliphatic carbocycles.